The largest absolute Gasteiger partial charge is 0.481 e. The van der Waals surface area contributed by atoms with Gasteiger partial charge in [0.25, 0.3) is 5.91 Å². The van der Waals surface area contributed by atoms with Crippen molar-refractivity contribution in [3.05, 3.63) is 89.0 Å². The van der Waals surface area contributed by atoms with Crippen molar-refractivity contribution in [2.45, 2.75) is 38.2 Å². The fraction of sp³-hybridized carbons (Fsp3) is 0.276. The molecule has 7 heteroatoms. The molecule has 2 N–H and O–H groups in total. The van der Waals surface area contributed by atoms with E-state index in [0.717, 1.165) is 23.9 Å². The summed E-state index contributed by atoms with van der Waals surface area (Å²) in [6.07, 6.45) is 4.37. The van der Waals surface area contributed by atoms with Crippen molar-refractivity contribution in [3.63, 3.8) is 0 Å². The molecule has 1 amide bonds. The molecule has 1 aromatic heterocycles. The molecule has 2 unspecified atom stereocenters. The predicted octanol–water partition coefficient (Wildman–Crippen LogP) is 5.78. The van der Waals surface area contributed by atoms with Crippen LogP contribution in [-0.2, 0) is 11.3 Å². The number of aromatic nitrogens is 2. The van der Waals surface area contributed by atoms with Crippen LogP contribution in [-0.4, -0.2) is 32.8 Å². The van der Waals surface area contributed by atoms with E-state index in [1.807, 2.05) is 0 Å². The van der Waals surface area contributed by atoms with Crippen LogP contribution in [0.2, 0.25) is 5.02 Å². The number of hydrogen-bond acceptors (Lipinski definition) is 3. The second-order valence-corrected chi connectivity index (χ2v) is 9.86. The summed E-state index contributed by atoms with van der Waals surface area (Å²) >= 11 is 6.41. The van der Waals surface area contributed by atoms with Crippen molar-refractivity contribution in [2.24, 2.45) is 11.3 Å². The number of halogens is 1. The third kappa shape index (κ3) is 3.77. The maximum absolute atomic E-state index is 13.7. The molecule has 4 aromatic rings. The quantitative estimate of drug-likeness (QED) is 0.348. The third-order valence-corrected chi connectivity index (χ3v) is 7.80. The van der Waals surface area contributed by atoms with Crippen molar-refractivity contribution < 1.29 is 22.9 Å². The van der Waals surface area contributed by atoms with E-state index in [2.05, 4.69) is 10.4 Å². The van der Waals surface area contributed by atoms with E-state index in [1.54, 1.807) is 30.3 Å². The molecule has 2 atom stereocenters. The molecule has 2 fully saturated rings. The molecular weight excluding hydrogens is 474 g/mol. The molecular formula is C29H26ClN3O3. The van der Waals surface area contributed by atoms with Gasteiger partial charge in [0.15, 0.2) is 0 Å². The minimum absolute atomic E-state index is 0.00236. The Bertz CT molecular complexity index is 1740. The highest BCUT2D eigenvalue weighted by Gasteiger charge is 2.60. The monoisotopic (exact) mass is 505 g/mol. The predicted molar refractivity (Wildman–Crippen MR) is 139 cm³/mol. The molecule has 6 rings (SSSR count). The number of amides is 1. The molecule has 0 bridgehead atoms. The van der Waals surface area contributed by atoms with Gasteiger partial charge in [-0.05, 0) is 53.5 Å². The lowest BCUT2D eigenvalue weighted by Crippen LogP contribution is -2.66. The van der Waals surface area contributed by atoms with E-state index in [4.69, 9.17) is 19.8 Å². The Labute approximate surface area is 222 Å². The number of carbonyl (C=O) groups is 2. The molecule has 2 aliphatic carbocycles. The highest BCUT2D eigenvalue weighted by atomic mass is 35.5. The lowest BCUT2D eigenvalue weighted by atomic mass is 9.48. The van der Waals surface area contributed by atoms with Gasteiger partial charge in [-0.2, -0.15) is 5.10 Å². The first kappa shape index (κ1) is 16.9. The summed E-state index contributed by atoms with van der Waals surface area (Å²) in [4.78, 5) is 25.5. The number of benzene rings is 3. The van der Waals surface area contributed by atoms with E-state index in [1.165, 1.54) is 18.3 Å². The number of aliphatic carboxylic acids is 1. The molecule has 0 radical (unpaired) electrons. The minimum atomic E-state index is -2.74. The fourth-order valence-corrected chi connectivity index (χ4v) is 5.60. The second kappa shape index (κ2) is 8.79. The topological polar surface area (TPSA) is 84.2 Å². The van der Waals surface area contributed by atoms with Crippen LogP contribution in [0, 0.1) is 11.3 Å². The van der Waals surface area contributed by atoms with Crippen LogP contribution in [0.3, 0.4) is 0 Å². The van der Waals surface area contributed by atoms with Crippen molar-refractivity contribution in [1.29, 1.82) is 0 Å². The standard InChI is InChI=1S/C29H26ClN3O3/c30-24-12-11-21(27(34)32-26-22(28(35)36)15-29(26)13-4-14-29)25-23(24)16-31-33(25)17-18-7-9-20(10-8-18)19-5-2-1-3-6-19/h1-3,5-12,16,22,26H,4,13-15,17H2,(H,32,34)(H,35,36)/i7D,8D,9D,10D,17D2. The van der Waals surface area contributed by atoms with Gasteiger partial charge in [-0.1, -0.05) is 72.5 Å². The van der Waals surface area contributed by atoms with Gasteiger partial charge in [0.1, 0.15) is 0 Å². The van der Waals surface area contributed by atoms with Gasteiger partial charge in [0.2, 0.25) is 0 Å². The average molecular weight is 506 g/mol. The number of nitrogens with one attached hydrogen (secondary N) is 1. The number of carboxylic acid groups (broad SMARTS) is 1. The minimum Gasteiger partial charge on any atom is -0.481 e. The summed E-state index contributed by atoms with van der Waals surface area (Å²) in [6, 6.07) is 8.78. The van der Waals surface area contributed by atoms with Crippen LogP contribution in [0.15, 0.2) is 72.8 Å². The first-order valence-corrected chi connectivity index (χ1v) is 12.1. The Balaban J connectivity index is 1.47. The number of fused-ring (bicyclic) bond motifs is 1. The highest BCUT2D eigenvalue weighted by Crippen LogP contribution is 2.58. The zero-order chi connectivity index (χ0) is 30.1. The van der Waals surface area contributed by atoms with E-state index in [0.29, 0.717) is 12.0 Å². The summed E-state index contributed by atoms with van der Waals surface area (Å²) in [5.74, 6) is -2.32. The molecule has 36 heavy (non-hydrogen) atoms. The van der Waals surface area contributed by atoms with Crippen LogP contribution < -0.4 is 5.32 Å². The molecule has 1 heterocycles. The zero-order valence-electron chi connectivity index (χ0n) is 25.1. The van der Waals surface area contributed by atoms with E-state index in [9.17, 15) is 14.7 Å². The Morgan fingerprint density at radius 1 is 1.14 bits per heavy atom. The Morgan fingerprint density at radius 3 is 2.56 bits per heavy atom. The van der Waals surface area contributed by atoms with Crippen LogP contribution in [0.1, 0.15) is 49.8 Å². The van der Waals surface area contributed by atoms with Crippen LogP contribution in [0.25, 0.3) is 22.0 Å². The summed E-state index contributed by atoms with van der Waals surface area (Å²) in [6.45, 7) is -2.74. The highest BCUT2D eigenvalue weighted by molar-refractivity contribution is 6.36. The van der Waals surface area contributed by atoms with E-state index in [-0.39, 0.29) is 32.5 Å². The average Bonchev–Trinajstić information content (AvgIpc) is 3.37. The van der Waals surface area contributed by atoms with Gasteiger partial charge >= 0.3 is 5.97 Å². The lowest BCUT2D eigenvalue weighted by molar-refractivity contribution is -0.159. The molecule has 6 nitrogen and oxygen atoms in total. The first-order valence-electron chi connectivity index (χ1n) is 14.8. The number of hydrogen-bond donors (Lipinski definition) is 2. The van der Waals surface area contributed by atoms with E-state index < -0.39 is 60.1 Å². The number of rotatable bonds is 6. The number of carboxylic acids is 1. The summed E-state index contributed by atoms with van der Waals surface area (Å²) in [5, 5.41) is 17.2. The summed E-state index contributed by atoms with van der Waals surface area (Å²) < 4.78 is 53.6. The van der Waals surface area contributed by atoms with Crippen molar-refractivity contribution in [1.82, 2.24) is 15.1 Å². The number of carbonyl (C=O) groups excluding carboxylic acids is 1. The Hall–Kier alpha value is -3.64. The SMILES string of the molecule is [2H]c1c([2H])c(C([2H])([2H])n2ncc3c(Cl)ccc(C(=O)NC4C(C(=O)O)CC45CCC5)c32)c([2H])c([2H])c1-c1ccccc1. The summed E-state index contributed by atoms with van der Waals surface area (Å²) in [5.41, 5.74) is -0.324. The third-order valence-electron chi connectivity index (χ3n) is 7.47. The first-order chi connectivity index (χ1) is 19.9. The maximum atomic E-state index is 13.7. The van der Waals surface area contributed by atoms with Gasteiger partial charge in [-0.15, -0.1) is 0 Å². The fourth-order valence-electron chi connectivity index (χ4n) is 5.40. The van der Waals surface area contributed by atoms with Crippen LogP contribution in [0.4, 0.5) is 0 Å². The van der Waals surface area contributed by atoms with Gasteiger partial charge in [0, 0.05) is 11.4 Å². The van der Waals surface area contributed by atoms with Crippen LogP contribution >= 0.6 is 11.6 Å². The molecule has 0 saturated heterocycles. The molecule has 1 spiro atoms. The van der Waals surface area contributed by atoms with Crippen molar-refractivity contribution in [2.75, 3.05) is 0 Å². The Kier molecular flexibility index (Phi) is 4.13. The molecule has 0 aliphatic heterocycles. The van der Waals surface area contributed by atoms with Gasteiger partial charge in [-0.3, -0.25) is 14.3 Å². The molecule has 2 aliphatic rings. The lowest BCUT2D eigenvalue weighted by Gasteiger charge is -2.59. The molecule has 182 valence electrons. The number of nitrogens with zero attached hydrogens (tertiary/aromatic N) is 2. The normalized spacial score (nSPS) is 22.8. The zero-order valence-corrected chi connectivity index (χ0v) is 19.9. The van der Waals surface area contributed by atoms with Gasteiger partial charge in [0.05, 0.1) is 42.9 Å². The molecule has 3 aromatic carbocycles. The molecule has 2 saturated carbocycles. The summed E-state index contributed by atoms with van der Waals surface area (Å²) in [7, 11) is 0. The van der Waals surface area contributed by atoms with E-state index >= 15 is 0 Å². The van der Waals surface area contributed by atoms with Crippen molar-refractivity contribution in [3.8, 4) is 11.1 Å². The van der Waals surface area contributed by atoms with Gasteiger partial charge < -0.3 is 10.4 Å². The van der Waals surface area contributed by atoms with Crippen molar-refractivity contribution >= 4 is 34.4 Å². The van der Waals surface area contributed by atoms with Crippen LogP contribution in [0.5, 0.6) is 0 Å². The Morgan fingerprint density at radius 2 is 1.89 bits per heavy atom. The van der Waals surface area contributed by atoms with Gasteiger partial charge in [-0.25, -0.2) is 0 Å². The smallest absolute Gasteiger partial charge is 0.308 e. The second-order valence-electron chi connectivity index (χ2n) is 9.46. The maximum Gasteiger partial charge on any atom is 0.308 e.